The summed E-state index contributed by atoms with van der Waals surface area (Å²) in [4.78, 5) is 12.3. The van der Waals surface area contributed by atoms with E-state index in [4.69, 9.17) is 0 Å². The van der Waals surface area contributed by atoms with Crippen LogP contribution in [-0.4, -0.2) is 16.0 Å². The van der Waals surface area contributed by atoms with Crippen LogP contribution in [0.25, 0.3) is 16.8 Å². The third kappa shape index (κ3) is 2.56. The van der Waals surface area contributed by atoms with Crippen molar-refractivity contribution in [1.29, 1.82) is 0 Å². The molecule has 0 aliphatic heterocycles. The molecule has 3 aromatic carbocycles. The number of carbonyl (C=O) groups excluding carboxylic acids is 1. The van der Waals surface area contributed by atoms with Gasteiger partial charge in [0.2, 0.25) is 0 Å². The number of rotatable bonds is 3. The quantitative estimate of drug-likeness (QED) is 0.563. The van der Waals surface area contributed by atoms with Crippen molar-refractivity contribution in [1.82, 2.24) is 0 Å². The standard InChI is InChI=1S/C19H14O3/c20-17-8-4-2-6-14(17)10-12-18(21)16-11-9-13-5-1-3-7-15(13)19(16)22/h1-12,20,22H/b12-10+. The van der Waals surface area contributed by atoms with Gasteiger partial charge in [-0.15, -0.1) is 0 Å². The van der Waals surface area contributed by atoms with Crippen molar-refractivity contribution in [2.24, 2.45) is 0 Å². The van der Waals surface area contributed by atoms with Gasteiger partial charge in [-0.1, -0.05) is 48.5 Å². The minimum Gasteiger partial charge on any atom is -0.507 e. The van der Waals surface area contributed by atoms with E-state index in [1.807, 2.05) is 18.2 Å². The zero-order valence-corrected chi connectivity index (χ0v) is 11.7. The molecule has 3 heteroatoms. The largest absolute Gasteiger partial charge is 0.507 e. The number of fused-ring (bicyclic) bond motifs is 1. The number of hydrogen-bond donors (Lipinski definition) is 2. The van der Waals surface area contributed by atoms with Crippen molar-refractivity contribution in [3.63, 3.8) is 0 Å². The molecule has 3 nitrogen and oxygen atoms in total. The molecule has 0 amide bonds. The summed E-state index contributed by atoms with van der Waals surface area (Å²) in [5.74, 6) is -0.231. The first-order valence-electron chi connectivity index (χ1n) is 6.88. The Hall–Kier alpha value is -3.07. The topological polar surface area (TPSA) is 57.5 Å². The molecule has 2 N–H and O–H groups in total. The van der Waals surface area contributed by atoms with Crippen LogP contribution < -0.4 is 0 Å². The summed E-state index contributed by atoms with van der Waals surface area (Å²) in [7, 11) is 0. The minimum atomic E-state index is -0.313. The molecule has 0 saturated carbocycles. The fraction of sp³-hybridized carbons (Fsp3) is 0. The predicted octanol–water partition coefficient (Wildman–Crippen LogP) is 4.15. The second-order valence-electron chi connectivity index (χ2n) is 4.94. The molecule has 3 aromatic rings. The molecule has 0 aliphatic carbocycles. The zero-order valence-electron chi connectivity index (χ0n) is 11.7. The van der Waals surface area contributed by atoms with Crippen LogP contribution in [0.2, 0.25) is 0 Å². The van der Waals surface area contributed by atoms with E-state index in [1.54, 1.807) is 42.5 Å². The van der Waals surface area contributed by atoms with E-state index >= 15 is 0 Å². The monoisotopic (exact) mass is 290 g/mol. The number of benzene rings is 3. The Labute approximate surface area is 127 Å². The maximum atomic E-state index is 12.3. The molecular weight excluding hydrogens is 276 g/mol. The first-order chi connectivity index (χ1) is 10.7. The molecule has 0 heterocycles. The molecule has 22 heavy (non-hydrogen) atoms. The highest BCUT2D eigenvalue weighted by Crippen LogP contribution is 2.29. The SMILES string of the molecule is O=C(/C=C/c1ccccc1O)c1ccc2ccccc2c1O. The lowest BCUT2D eigenvalue weighted by Crippen LogP contribution is -1.95. The predicted molar refractivity (Wildman–Crippen MR) is 87.1 cm³/mol. The van der Waals surface area contributed by atoms with E-state index in [-0.39, 0.29) is 22.8 Å². The van der Waals surface area contributed by atoms with Crippen molar-refractivity contribution in [2.45, 2.75) is 0 Å². The molecular formula is C19H14O3. The molecule has 3 rings (SSSR count). The second-order valence-corrected chi connectivity index (χ2v) is 4.94. The summed E-state index contributed by atoms with van der Waals surface area (Å²) in [5.41, 5.74) is 0.793. The maximum Gasteiger partial charge on any atom is 0.189 e. The summed E-state index contributed by atoms with van der Waals surface area (Å²) >= 11 is 0. The Morgan fingerprint density at radius 1 is 0.864 bits per heavy atom. The summed E-state index contributed by atoms with van der Waals surface area (Å²) < 4.78 is 0. The van der Waals surface area contributed by atoms with Crippen molar-refractivity contribution < 1.29 is 15.0 Å². The van der Waals surface area contributed by atoms with Crippen molar-refractivity contribution in [2.75, 3.05) is 0 Å². The number of para-hydroxylation sites is 1. The van der Waals surface area contributed by atoms with Crippen molar-refractivity contribution in [3.05, 3.63) is 77.9 Å². The second kappa shape index (κ2) is 5.74. The average Bonchev–Trinajstić information content (AvgIpc) is 2.54. The molecule has 0 fully saturated rings. The third-order valence-corrected chi connectivity index (χ3v) is 3.52. The fourth-order valence-corrected chi connectivity index (χ4v) is 2.34. The summed E-state index contributed by atoms with van der Waals surface area (Å²) in [6.45, 7) is 0. The number of phenolic OH excluding ortho intramolecular Hbond substituents is 2. The first-order valence-corrected chi connectivity index (χ1v) is 6.88. The van der Waals surface area contributed by atoms with Crippen LogP contribution in [0.1, 0.15) is 15.9 Å². The van der Waals surface area contributed by atoms with Gasteiger partial charge < -0.3 is 10.2 Å². The van der Waals surface area contributed by atoms with Gasteiger partial charge >= 0.3 is 0 Å². The van der Waals surface area contributed by atoms with Gasteiger partial charge in [0.15, 0.2) is 5.78 Å². The Kier molecular flexibility index (Phi) is 3.62. The van der Waals surface area contributed by atoms with Gasteiger partial charge in [0, 0.05) is 10.9 Å². The van der Waals surface area contributed by atoms with E-state index in [9.17, 15) is 15.0 Å². The number of ketones is 1. The Balaban J connectivity index is 1.96. The zero-order chi connectivity index (χ0) is 15.5. The van der Waals surface area contributed by atoms with Crippen LogP contribution in [0.15, 0.2) is 66.7 Å². The lowest BCUT2D eigenvalue weighted by atomic mass is 10.0. The van der Waals surface area contributed by atoms with Gasteiger partial charge in [-0.2, -0.15) is 0 Å². The van der Waals surface area contributed by atoms with Gasteiger partial charge in [0.25, 0.3) is 0 Å². The highest BCUT2D eigenvalue weighted by atomic mass is 16.3. The Morgan fingerprint density at radius 3 is 2.41 bits per heavy atom. The van der Waals surface area contributed by atoms with E-state index in [0.29, 0.717) is 10.9 Å². The van der Waals surface area contributed by atoms with Crippen LogP contribution in [0, 0.1) is 0 Å². The lowest BCUT2D eigenvalue weighted by molar-refractivity contribution is 0.104. The number of hydrogen-bond acceptors (Lipinski definition) is 3. The highest BCUT2D eigenvalue weighted by Gasteiger charge is 2.11. The van der Waals surface area contributed by atoms with Crippen LogP contribution >= 0.6 is 0 Å². The Bertz CT molecular complexity index is 879. The summed E-state index contributed by atoms with van der Waals surface area (Å²) in [6, 6.07) is 17.5. The highest BCUT2D eigenvalue weighted by molar-refractivity contribution is 6.11. The fourth-order valence-electron chi connectivity index (χ4n) is 2.34. The van der Waals surface area contributed by atoms with Gasteiger partial charge in [-0.25, -0.2) is 0 Å². The van der Waals surface area contributed by atoms with Crippen LogP contribution in [0.3, 0.4) is 0 Å². The molecule has 0 bridgehead atoms. The van der Waals surface area contributed by atoms with Crippen LogP contribution in [-0.2, 0) is 0 Å². The number of allylic oxidation sites excluding steroid dienone is 1. The molecule has 0 saturated heterocycles. The molecule has 0 atom stereocenters. The first kappa shape index (κ1) is 13.9. The van der Waals surface area contributed by atoms with Gasteiger partial charge in [-0.3, -0.25) is 4.79 Å². The lowest BCUT2D eigenvalue weighted by Gasteiger charge is -2.05. The van der Waals surface area contributed by atoms with Gasteiger partial charge in [0.1, 0.15) is 11.5 Å². The number of aromatic hydroxyl groups is 2. The maximum absolute atomic E-state index is 12.3. The summed E-state index contributed by atoms with van der Waals surface area (Å²) in [6.07, 6.45) is 2.88. The Morgan fingerprint density at radius 2 is 1.59 bits per heavy atom. The van der Waals surface area contributed by atoms with Crippen molar-refractivity contribution >= 4 is 22.6 Å². The van der Waals surface area contributed by atoms with E-state index in [1.165, 1.54) is 12.2 Å². The van der Waals surface area contributed by atoms with Gasteiger partial charge in [0.05, 0.1) is 5.56 Å². The average molecular weight is 290 g/mol. The summed E-state index contributed by atoms with van der Waals surface area (Å²) in [5, 5.41) is 21.5. The van der Waals surface area contributed by atoms with Gasteiger partial charge in [-0.05, 0) is 29.7 Å². The number of carbonyl (C=O) groups is 1. The third-order valence-electron chi connectivity index (χ3n) is 3.52. The van der Waals surface area contributed by atoms with E-state index in [0.717, 1.165) is 5.39 Å². The molecule has 0 unspecified atom stereocenters. The van der Waals surface area contributed by atoms with E-state index < -0.39 is 0 Å². The molecule has 0 spiro atoms. The number of phenols is 2. The van der Waals surface area contributed by atoms with E-state index in [2.05, 4.69) is 0 Å². The molecule has 0 aliphatic rings. The van der Waals surface area contributed by atoms with Crippen molar-refractivity contribution in [3.8, 4) is 11.5 Å². The smallest absolute Gasteiger partial charge is 0.189 e. The molecule has 108 valence electrons. The van der Waals surface area contributed by atoms with Crippen LogP contribution in [0.5, 0.6) is 11.5 Å². The molecule has 0 aromatic heterocycles. The normalized spacial score (nSPS) is 11.1. The molecule has 0 radical (unpaired) electrons. The van der Waals surface area contributed by atoms with Crippen LogP contribution in [0.4, 0.5) is 0 Å². The minimum absolute atomic E-state index is 0.0231.